The van der Waals surface area contributed by atoms with Gasteiger partial charge in [0.1, 0.15) is 4.90 Å². The van der Waals surface area contributed by atoms with Crippen molar-refractivity contribution in [2.45, 2.75) is 23.8 Å². The summed E-state index contributed by atoms with van der Waals surface area (Å²) in [6, 6.07) is 0.0285. The van der Waals surface area contributed by atoms with E-state index >= 15 is 0 Å². The molecule has 0 amide bonds. The van der Waals surface area contributed by atoms with Crippen LogP contribution in [0.5, 0.6) is 0 Å². The third-order valence-electron chi connectivity index (χ3n) is 3.68. The molecule has 108 valence electrons. The zero-order chi connectivity index (χ0) is 14.2. The molecule has 1 aliphatic rings. The number of likely N-dealkylation sites (tertiary alicyclic amines) is 1. The summed E-state index contributed by atoms with van der Waals surface area (Å²) >= 11 is 0. The van der Waals surface area contributed by atoms with Gasteiger partial charge in [0.25, 0.3) is 0 Å². The van der Waals surface area contributed by atoms with Gasteiger partial charge in [0.05, 0.1) is 0 Å². The molecule has 8 heteroatoms. The van der Waals surface area contributed by atoms with Crippen LogP contribution in [0.3, 0.4) is 0 Å². The van der Waals surface area contributed by atoms with Crippen LogP contribution in [-0.2, 0) is 17.1 Å². The number of aryl methyl sites for hydroxylation is 1. The molecule has 1 aromatic heterocycles. The maximum Gasteiger partial charge on any atom is 0.248 e. The third kappa shape index (κ3) is 2.75. The van der Waals surface area contributed by atoms with Crippen LogP contribution in [0.25, 0.3) is 0 Å². The molecule has 7 nitrogen and oxygen atoms in total. The Labute approximate surface area is 114 Å². The zero-order valence-electron chi connectivity index (χ0n) is 11.6. The van der Waals surface area contributed by atoms with E-state index in [0.29, 0.717) is 0 Å². The standard InChI is InChI=1S/C11H21N5O2S/c1-14-6-4-9(5-7-14)16(3)19(17,18)10-8-15(2)13-11(10)12/h8-9H,4-7H2,1-3H3,(H2,12,13). The van der Waals surface area contributed by atoms with E-state index in [9.17, 15) is 8.42 Å². The molecule has 0 aliphatic carbocycles. The number of nitrogens with two attached hydrogens (primary N) is 1. The van der Waals surface area contributed by atoms with Gasteiger partial charge in [-0.2, -0.15) is 9.40 Å². The second-order valence-electron chi connectivity index (χ2n) is 5.11. The van der Waals surface area contributed by atoms with Crippen molar-refractivity contribution in [3.05, 3.63) is 6.20 Å². The summed E-state index contributed by atoms with van der Waals surface area (Å²) in [5.74, 6) is 0.0577. The molecular formula is C11H21N5O2S. The van der Waals surface area contributed by atoms with Gasteiger partial charge in [0.2, 0.25) is 10.0 Å². The Morgan fingerprint density at radius 2 is 1.95 bits per heavy atom. The fourth-order valence-electron chi connectivity index (χ4n) is 2.39. The molecular weight excluding hydrogens is 266 g/mol. The van der Waals surface area contributed by atoms with E-state index in [2.05, 4.69) is 10.00 Å². The second-order valence-corrected chi connectivity index (χ2v) is 7.07. The van der Waals surface area contributed by atoms with Crippen molar-refractivity contribution in [3.63, 3.8) is 0 Å². The number of nitrogens with zero attached hydrogens (tertiary/aromatic N) is 4. The number of piperidine rings is 1. The highest BCUT2D eigenvalue weighted by Gasteiger charge is 2.32. The number of aromatic nitrogens is 2. The summed E-state index contributed by atoms with van der Waals surface area (Å²) in [6.45, 7) is 1.82. The van der Waals surface area contributed by atoms with Gasteiger partial charge in [-0.1, -0.05) is 0 Å². The molecule has 2 rings (SSSR count). The van der Waals surface area contributed by atoms with Crippen LogP contribution in [0.4, 0.5) is 5.82 Å². The summed E-state index contributed by atoms with van der Waals surface area (Å²) < 4.78 is 27.9. The molecule has 0 unspecified atom stereocenters. The van der Waals surface area contributed by atoms with E-state index in [-0.39, 0.29) is 16.8 Å². The maximum atomic E-state index is 12.5. The van der Waals surface area contributed by atoms with Crippen LogP contribution in [0.1, 0.15) is 12.8 Å². The van der Waals surface area contributed by atoms with Gasteiger partial charge >= 0.3 is 0 Å². The van der Waals surface area contributed by atoms with Gasteiger partial charge < -0.3 is 10.6 Å². The first-order chi connectivity index (χ1) is 8.82. The topological polar surface area (TPSA) is 84.5 Å². The van der Waals surface area contributed by atoms with E-state index < -0.39 is 10.0 Å². The number of hydrogen-bond donors (Lipinski definition) is 1. The molecule has 2 N–H and O–H groups in total. The maximum absolute atomic E-state index is 12.5. The first-order valence-corrected chi connectivity index (χ1v) is 7.72. The average molecular weight is 287 g/mol. The summed E-state index contributed by atoms with van der Waals surface area (Å²) in [7, 11) is 1.77. The molecule has 1 saturated heterocycles. The number of rotatable bonds is 3. The quantitative estimate of drug-likeness (QED) is 0.826. The number of sulfonamides is 1. The summed E-state index contributed by atoms with van der Waals surface area (Å²) in [4.78, 5) is 2.30. The Kier molecular flexibility index (Phi) is 3.84. The Morgan fingerprint density at radius 3 is 2.42 bits per heavy atom. The minimum Gasteiger partial charge on any atom is -0.381 e. The van der Waals surface area contributed by atoms with Crippen molar-refractivity contribution in [1.29, 1.82) is 0 Å². The van der Waals surface area contributed by atoms with Crippen molar-refractivity contribution in [2.24, 2.45) is 7.05 Å². The average Bonchev–Trinajstić information content (AvgIpc) is 2.69. The van der Waals surface area contributed by atoms with E-state index in [0.717, 1.165) is 25.9 Å². The Morgan fingerprint density at radius 1 is 1.37 bits per heavy atom. The van der Waals surface area contributed by atoms with Gasteiger partial charge in [-0.05, 0) is 33.0 Å². The number of anilines is 1. The highest BCUT2D eigenvalue weighted by atomic mass is 32.2. The van der Waals surface area contributed by atoms with E-state index in [1.807, 2.05) is 7.05 Å². The summed E-state index contributed by atoms with van der Waals surface area (Å²) in [6.07, 6.45) is 3.13. The normalized spacial score (nSPS) is 19.2. The van der Waals surface area contributed by atoms with Gasteiger partial charge in [-0.25, -0.2) is 8.42 Å². The molecule has 0 atom stereocenters. The highest BCUT2D eigenvalue weighted by molar-refractivity contribution is 7.89. The lowest BCUT2D eigenvalue weighted by Crippen LogP contribution is -2.44. The van der Waals surface area contributed by atoms with Gasteiger partial charge in [0, 0.05) is 26.3 Å². The molecule has 1 aliphatic heterocycles. The lowest BCUT2D eigenvalue weighted by molar-refractivity contribution is 0.197. The molecule has 19 heavy (non-hydrogen) atoms. The van der Waals surface area contributed by atoms with Crippen molar-refractivity contribution < 1.29 is 8.42 Å². The largest absolute Gasteiger partial charge is 0.381 e. The predicted molar refractivity (Wildman–Crippen MR) is 73.1 cm³/mol. The smallest absolute Gasteiger partial charge is 0.248 e. The molecule has 1 fully saturated rings. The molecule has 1 aromatic rings. The van der Waals surface area contributed by atoms with E-state index in [4.69, 9.17) is 5.73 Å². The molecule has 0 bridgehead atoms. The van der Waals surface area contributed by atoms with Crippen molar-refractivity contribution in [1.82, 2.24) is 19.0 Å². The van der Waals surface area contributed by atoms with Crippen LogP contribution in [-0.4, -0.2) is 60.6 Å². The number of hydrogen-bond acceptors (Lipinski definition) is 5. The van der Waals surface area contributed by atoms with E-state index in [1.165, 1.54) is 15.2 Å². The van der Waals surface area contributed by atoms with Gasteiger partial charge in [-0.15, -0.1) is 0 Å². The van der Waals surface area contributed by atoms with Crippen LogP contribution in [0.15, 0.2) is 11.1 Å². The van der Waals surface area contributed by atoms with Crippen LogP contribution in [0, 0.1) is 0 Å². The lowest BCUT2D eigenvalue weighted by Gasteiger charge is -2.34. The first-order valence-electron chi connectivity index (χ1n) is 6.28. The number of nitrogen functional groups attached to an aromatic ring is 1. The monoisotopic (exact) mass is 287 g/mol. The summed E-state index contributed by atoms with van der Waals surface area (Å²) in [5, 5.41) is 3.90. The molecule has 0 spiro atoms. The minimum atomic E-state index is -3.56. The van der Waals surface area contributed by atoms with E-state index in [1.54, 1.807) is 14.1 Å². The van der Waals surface area contributed by atoms with Crippen LogP contribution < -0.4 is 5.73 Å². The lowest BCUT2D eigenvalue weighted by atomic mass is 10.1. The van der Waals surface area contributed by atoms with Crippen LogP contribution in [0.2, 0.25) is 0 Å². The van der Waals surface area contributed by atoms with Crippen molar-refractivity contribution in [3.8, 4) is 0 Å². The van der Waals surface area contributed by atoms with Gasteiger partial charge in [-0.3, -0.25) is 4.68 Å². The Hall–Kier alpha value is -1.12. The SMILES string of the molecule is CN1CCC(N(C)S(=O)(=O)c2cn(C)nc2N)CC1. The Bertz CT molecular complexity index is 545. The minimum absolute atomic E-state index is 0.0285. The van der Waals surface area contributed by atoms with Crippen molar-refractivity contribution >= 4 is 15.8 Å². The Balaban J connectivity index is 2.22. The molecule has 0 aromatic carbocycles. The zero-order valence-corrected chi connectivity index (χ0v) is 12.4. The van der Waals surface area contributed by atoms with Crippen molar-refractivity contribution in [2.75, 3.05) is 32.9 Å². The fourth-order valence-corrected chi connectivity index (χ4v) is 3.90. The highest BCUT2D eigenvalue weighted by Crippen LogP contribution is 2.24. The van der Waals surface area contributed by atoms with Gasteiger partial charge in [0.15, 0.2) is 5.82 Å². The summed E-state index contributed by atoms with van der Waals surface area (Å²) in [5.41, 5.74) is 5.67. The third-order valence-corrected chi connectivity index (χ3v) is 5.61. The fraction of sp³-hybridized carbons (Fsp3) is 0.727. The second kappa shape index (κ2) is 5.10. The first kappa shape index (κ1) is 14.3. The molecule has 0 radical (unpaired) electrons. The predicted octanol–water partition coefficient (Wildman–Crippen LogP) is -0.283. The van der Waals surface area contributed by atoms with Crippen LogP contribution >= 0.6 is 0 Å². The molecule has 0 saturated carbocycles. The molecule has 2 heterocycles.